The molecule has 3 heteroatoms. The molecule has 0 aliphatic heterocycles. The molecular formula is C52H33NS2. The van der Waals surface area contributed by atoms with Crippen LogP contribution in [0.2, 0.25) is 0 Å². The van der Waals surface area contributed by atoms with Crippen molar-refractivity contribution in [1.29, 1.82) is 0 Å². The summed E-state index contributed by atoms with van der Waals surface area (Å²) in [6.45, 7) is 0. The molecule has 0 spiro atoms. The van der Waals surface area contributed by atoms with E-state index in [1.807, 2.05) is 22.7 Å². The number of anilines is 3. The molecule has 55 heavy (non-hydrogen) atoms. The number of rotatable bonds is 6. The molecule has 1 nitrogen and oxygen atoms in total. The molecule has 0 N–H and O–H groups in total. The average Bonchev–Trinajstić information content (AvgIpc) is 3.83. The van der Waals surface area contributed by atoms with Gasteiger partial charge in [-0.3, -0.25) is 0 Å². The van der Waals surface area contributed by atoms with Crippen molar-refractivity contribution < 1.29 is 0 Å². The Balaban J connectivity index is 1.03. The van der Waals surface area contributed by atoms with Gasteiger partial charge in [-0.2, -0.15) is 0 Å². The van der Waals surface area contributed by atoms with Gasteiger partial charge in [-0.15, -0.1) is 22.7 Å². The largest absolute Gasteiger partial charge is 0.310 e. The smallest absolute Gasteiger partial charge is 0.0555 e. The standard InChI is InChI=1S/C52H33NS2/c1-2-13-39(14-3-1)53(40-28-25-36(26-29-40)42-18-10-12-35-11-4-5-15-41(35)42)47-32-31-43(52-51(47)46-17-7-9-20-49(46)55-52)37-23-21-34(22-24-37)38-27-30-45-44-16-6-8-19-48(44)54-50(45)33-38/h1-33H. The molecule has 0 bridgehead atoms. The second-order valence-corrected chi connectivity index (χ2v) is 16.2. The third kappa shape index (κ3) is 5.43. The van der Waals surface area contributed by atoms with Crippen LogP contribution in [-0.4, -0.2) is 0 Å². The van der Waals surface area contributed by atoms with Crippen LogP contribution in [0.4, 0.5) is 17.1 Å². The topological polar surface area (TPSA) is 3.24 Å². The van der Waals surface area contributed by atoms with Crippen LogP contribution in [0.25, 0.3) is 84.5 Å². The molecule has 2 heterocycles. The van der Waals surface area contributed by atoms with Crippen LogP contribution in [-0.2, 0) is 0 Å². The maximum atomic E-state index is 2.42. The van der Waals surface area contributed by atoms with Gasteiger partial charge < -0.3 is 4.90 Å². The molecule has 0 aliphatic carbocycles. The van der Waals surface area contributed by atoms with Gasteiger partial charge in [0.1, 0.15) is 0 Å². The molecule has 0 saturated heterocycles. The molecule has 0 radical (unpaired) electrons. The second kappa shape index (κ2) is 13.1. The van der Waals surface area contributed by atoms with Gasteiger partial charge in [0.25, 0.3) is 0 Å². The Morgan fingerprint density at radius 3 is 1.73 bits per heavy atom. The van der Waals surface area contributed by atoms with Gasteiger partial charge in [-0.1, -0.05) is 152 Å². The maximum Gasteiger partial charge on any atom is 0.0555 e. The van der Waals surface area contributed by atoms with E-state index in [-0.39, 0.29) is 0 Å². The quantitative estimate of drug-likeness (QED) is 0.164. The third-order valence-corrected chi connectivity index (χ3v) is 13.2. The summed E-state index contributed by atoms with van der Waals surface area (Å²) in [5.41, 5.74) is 10.8. The van der Waals surface area contributed by atoms with E-state index in [1.165, 1.54) is 90.2 Å². The van der Waals surface area contributed by atoms with E-state index in [2.05, 4.69) is 205 Å². The number of hydrogen-bond acceptors (Lipinski definition) is 3. The van der Waals surface area contributed by atoms with Crippen LogP contribution in [0, 0.1) is 0 Å². The summed E-state index contributed by atoms with van der Waals surface area (Å²) in [6, 6.07) is 73.3. The van der Waals surface area contributed by atoms with Gasteiger partial charge >= 0.3 is 0 Å². The molecule has 0 aliphatic rings. The first-order valence-electron chi connectivity index (χ1n) is 18.7. The van der Waals surface area contributed by atoms with Crippen LogP contribution >= 0.6 is 22.7 Å². The van der Waals surface area contributed by atoms with Gasteiger partial charge in [0.05, 0.1) is 5.69 Å². The maximum absolute atomic E-state index is 2.42. The lowest BCUT2D eigenvalue weighted by molar-refractivity contribution is 1.30. The van der Waals surface area contributed by atoms with Crippen molar-refractivity contribution in [3.05, 3.63) is 200 Å². The minimum absolute atomic E-state index is 1.12. The lowest BCUT2D eigenvalue weighted by Gasteiger charge is -2.27. The Morgan fingerprint density at radius 2 is 0.909 bits per heavy atom. The van der Waals surface area contributed by atoms with E-state index >= 15 is 0 Å². The number of benzene rings is 9. The SMILES string of the molecule is c1ccc(N(c2ccc(-c3cccc4ccccc34)cc2)c2ccc(-c3ccc(-c4ccc5c(c4)sc4ccccc45)cc3)c3sc4ccccc4c23)cc1. The fourth-order valence-corrected chi connectivity index (χ4v) is 10.6. The first-order valence-corrected chi connectivity index (χ1v) is 20.3. The van der Waals surface area contributed by atoms with Crippen LogP contribution in [0.15, 0.2) is 200 Å². The van der Waals surface area contributed by atoms with Gasteiger partial charge in [0.15, 0.2) is 0 Å². The van der Waals surface area contributed by atoms with Gasteiger partial charge in [0, 0.05) is 51.7 Å². The molecule has 11 aromatic rings. The summed E-state index contributed by atoms with van der Waals surface area (Å²) < 4.78 is 5.26. The van der Waals surface area contributed by atoms with Gasteiger partial charge in [-0.25, -0.2) is 0 Å². The summed E-state index contributed by atoms with van der Waals surface area (Å²) in [4.78, 5) is 2.42. The fraction of sp³-hybridized carbons (Fsp3) is 0. The Morgan fingerprint density at radius 1 is 0.327 bits per heavy atom. The van der Waals surface area contributed by atoms with Crippen molar-refractivity contribution in [3.63, 3.8) is 0 Å². The number of nitrogens with zero attached hydrogens (tertiary/aromatic N) is 1. The van der Waals surface area contributed by atoms with Crippen molar-refractivity contribution in [2.24, 2.45) is 0 Å². The monoisotopic (exact) mass is 735 g/mol. The molecule has 0 fully saturated rings. The first kappa shape index (κ1) is 32.0. The summed E-state index contributed by atoms with van der Waals surface area (Å²) in [7, 11) is 0. The minimum Gasteiger partial charge on any atom is -0.310 e. The van der Waals surface area contributed by atoms with Crippen molar-refractivity contribution in [2.75, 3.05) is 4.90 Å². The summed E-state index contributed by atoms with van der Waals surface area (Å²) in [5, 5.41) is 7.75. The minimum atomic E-state index is 1.12. The fourth-order valence-electron chi connectivity index (χ4n) is 8.24. The predicted molar refractivity (Wildman–Crippen MR) is 241 cm³/mol. The third-order valence-electron chi connectivity index (χ3n) is 10.9. The molecule has 0 unspecified atom stereocenters. The Bertz CT molecular complexity index is 3180. The van der Waals surface area contributed by atoms with E-state index in [9.17, 15) is 0 Å². The molecule has 0 amide bonds. The normalized spacial score (nSPS) is 11.6. The van der Waals surface area contributed by atoms with Gasteiger partial charge in [-0.05, 0) is 92.7 Å². The Kier molecular flexibility index (Phi) is 7.61. The van der Waals surface area contributed by atoms with Crippen LogP contribution in [0.1, 0.15) is 0 Å². The zero-order valence-electron chi connectivity index (χ0n) is 29.8. The lowest BCUT2D eigenvalue weighted by atomic mass is 9.97. The second-order valence-electron chi connectivity index (χ2n) is 14.1. The summed E-state index contributed by atoms with van der Waals surface area (Å²) in [6.07, 6.45) is 0. The van der Waals surface area contributed by atoms with E-state index in [4.69, 9.17) is 0 Å². The lowest BCUT2D eigenvalue weighted by Crippen LogP contribution is -2.10. The van der Waals surface area contributed by atoms with E-state index in [0.29, 0.717) is 0 Å². The molecule has 2 aromatic heterocycles. The van der Waals surface area contributed by atoms with E-state index in [0.717, 1.165) is 11.4 Å². The zero-order valence-corrected chi connectivity index (χ0v) is 31.4. The number of para-hydroxylation sites is 1. The highest BCUT2D eigenvalue weighted by molar-refractivity contribution is 7.26. The highest BCUT2D eigenvalue weighted by Crippen LogP contribution is 2.48. The average molecular weight is 736 g/mol. The molecule has 11 rings (SSSR count). The van der Waals surface area contributed by atoms with Crippen LogP contribution < -0.4 is 4.90 Å². The highest BCUT2D eigenvalue weighted by Gasteiger charge is 2.21. The first-order chi connectivity index (χ1) is 27.3. The Labute approximate surface area is 327 Å². The molecule has 258 valence electrons. The zero-order chi connectivity index (χ0) is 36.3. The number of thiophene rings is 2. The van der Waals surface area contributed by atoms with E-state index < -0.39 is 0 Å². The van der Waals surface area contributed by atoms with Crippen LogP contribution in [0.3, 0.4) is 0 Å². The number of hydrogen-bond donors (Lipinski definition) is 0. The molecule has 0 saturated carbocycles. The highest BCUT2D eigenvalue weighted by atomic mass is 32.1. The molecule has 9 aromatic carbocycles. The van der Waals surface area contributed by atoms with Crippen molar-refractivity contribution in [1.82, 2.24) is 0 Å². The van der Waals surface area contributed by atoms with Crippen LogP contribution in [0.5, 0.6) is 0 Å². The summed E-state index contributed by atoms with van der Waals surface area (Å²) >= 11 is 3.76. The van der Waals surface area contributed by atoms with Crippen molar-refractivity contribution in [2.45, 2.75) is 0 Å². The van der Waals surface area contributed by atoms with Gasteiger partial charge in [0.2, 0.25) is 0 Å². The predicted octanol–water partition coefficient (Wildman–Crippen LogP) is 16.0. The van der Waals surface area contributed by atoms with Crippen molar-refractivity contribution in [3.8, 4) is 33.4 Å². The van der Waals surface area contributed by atoms with E-state index in [1.54, 1.807) is 0 Å². The molecular weight excluding hydrogens is 703 g/mol. The molecule has 0 atom stereocenters. The Hall–Kier alpha value is -6.52. The number of fused-ring (bicyclic) bond motifs is 7. The van der Waals surface area contributed by atoms with Crippen molar-refractivity contribution >= 4 is 90.9 Å². The summed E-state index contributed by atoms with van der Waals surface area (Å²) in [5.74, 6) is 0.